The van der Waals surface area contributed by atoms with Crippen LogP contribution in [0.2, 0.25) is 0 Å². The average molecular weight is 204 g/mol. The van der Waals surface area contributed by atoms with Gasteiger partial charge in [-0.05, 0) is 19.8 Å². The second kappa shape index (κ2) is 4.25. The van der Waals surface area contributed by atoms with Crippen LogP contribution >= 0.6 is 0 Å². The Morgan fingerprint density at radius 3 is 2.64 bits per heavy atom. The standard InChI is InChI=1S/C9H16O5/c1-6-4-5-7(10)9(13-3,14-6)8(11)12-2/h6-7,10H,4-5H2,1-3H3/t6-,7-,9-/m0/s1. The fourth-order valence-electron chi connectivity index (χ4n) is 1.61. The van der Waals surface area contributed by atoms with Gasteiger partial charge in [0.15, 0.2) is 0 Å². The van der Waals surface area contributed by atoms with E-state index >= 15 is 0 Å². The number of rotatable bonds is 2. The fraction of sp³-hybridized carbons (Fsp3) is 0.889. The number of ether oxygens (including phenoxy) is 3. The molecule has 0 radical (unpaired) electrons. The quantitative estimate of drug-likeness (QED) is 0.644. The Morgan fingerprint density at radius 2 is 2.14 bits per heavy atom. The van der Waals surface area contributed by atoms with Crippen molar-refractivity contribution in [1.82, 2.24) is 0 Å². The summed E-state index contributed by atoms with van der Waals surface area (Å²) >= 11 is 0. The zero-order valence-corrected chi connectivity index (χ0v) is 8.65. The minimum Gasteiger partial charge on any atom is -0.465 e. The highest BCUT2D eigenvalue weighted by Gasteiger charge is 2.52. The molecule has 0 bridgehead atoms. The van der Waals surface area contributed by atoms with Gasteiger partial charge in [-0.15, -0.1) is 0 Å². The molecule has 1 saturated heterocycles. The lowest BCUT2D eigenvalue weighted by molar-refractivity contribution is -0.301. The molecule has 3 atom stereocenters. The number of carbonyl (C=O) groups excluding carboxylic acids is 1. The predicted molar refractivity (Wildman–Crippen MR) is 47.5 cm³/mol. The Morgan fingerprint density at radius 1 is 1.50 bits per heavy atom. The zero-order chi connectivity index (χ0) is 10.8. The van der Waals surface area contributed by atoms with E-state index < -0.39 is 17.9 Å². The molecule has 0 aliphatic carbocycles. The molecule has 0 unspecified atom stereocenters. The van der Waals surface area contributed by atoms with Gasteiger partial charge < -0.3 is 19.3 Å². The molecule has 0 spiro atoms. The highest BCUT2D eigenvalue weighted by molar-refractivity contribution is 5.78. The van der Waals surface area contributed by atoms with Gasteiger partial charge in [0.1, 0.15) is 6.10 Å². The maximum atomic E-state index is 11.4. The first-order valence-corrected chi connectivity index (χ1v) is 4.56. The second-order valence-electron chi connectivity index (χ2n) is 3.38. The third-order valence-electron chi connectivity index (χ3n) is 2.43. The molecule has 5 heteroatoms. The number of aliphatic hydroxyl groups is 1. The molecule has 82 valence electrons. The molecule has 1 fully saturated rings. The summed E-state index contributed by atoms with van der Waals surface area (Å²) in [6.07, 6.45) is 0.0569. The number of hydrogen-bond acceptors (Lipinski definition) is 5. The van der Waals surface area contributed by atoms with Crippen molar-refractivity contribution in [3.05, 3.63) is 0 Å². The largest absolute Gasteiger partial charge is 0.465 e. The lowest BCUT2D eigenvalue weighted by Gasteiger charge is -2.39. The van der Waals surface area contributed by atoms with Crippen LogP contribution in [0.4, 0.5) is 0 Å². The maximum Gasteiger partial charge on any atom is 0.369 e. The molecule has 5 nitrogen and oxygen atoms in total. The molecular weight excluding hydrogens is 188 g/mol. The SMILES string of the molecule is COC(=O)[C@@]1(OC)O[C@@H](C)CC[C@@H]1O. The molecule has 0 amide bonds. The Bertz CT molecular complexity index is 217. The van der Waals surface area contributed by atoms with Gasteiger partial charge in [-0.1, -0.05) is 0 Å². The normalized spacial score (nSPS) is 38.0. The second-order valence-corrected chi connectivity index (χ2v) is 3.38. The summed E-state index contributed by atoms with van der Waals surface area (Å²) in [5.74, 6) is -2.34. The lowest BCUT2D eigenvalue weighted by atomic mass is 9.98. The monoisotopic (exact) mass is 204 g/mol. The lowest BCUT2D eigenvalue weighted by Crippen LogP contribution is -2.58. The minimum atomic E-state index is -1.65. The van der Waals surface area contributed by atoms with Gasteiger partial charge in [-0.2, -0.15) is 0 Å². The molecule has 0 aromatic carbocycles. The van der Waals surface area contributed by atoms with Gasteiger partial charge in [0.2, 0.25) is 0 Å². The van der Waals surface area contributed by atoms with Crippen molar-refractivity contribution < 1.29 is 24.1 Å². The van der Waals surface area contributed by atoms with Crippen LogP contribution in [0.25, 0.3) is 0 Å². The molecule has 0 saturated carbocycles. The van der Waals surface area contributed by atoms with Crippen molar-refractivity contribution in [2.45, 2.75) is 37.8 Å². The van der Waals surface area contributed by atoms with Crippen molar-refractivity contribution in [3.63, 3.8) is 0 Å². The smallest absolute Gasteiger partial charge is 0.369 e. The van der Waals surface area contributed by atoms with Crippen molar-refractivity contribution in [2.75, 3.05) is 14.2 Å². The van der Waals surface area contributed by atoms with Gasteiger partial charge in [0.05, 0.1) is 13.2 Å². The number of methoxy groups -OCH3 is 2. The van der Waals surface area contributed by atoms with Gasteiger partial charge in [0.25, 0.3) is 5.79 Å². The van der Waals surface area contributed by atoms with Gasteiger partial charge in [0, 0.05) is 7.11 Å². The Balaban J connectivity index is 2.88. The first-order chi connectivity index (χ1) is 6.56. The summed E-state index contributed by atoms with van der Waals surface area (Å²) in [5, 5.41) is 9.69. The molecule has 1 N–H and O–H groups in total. The summed E-state index contributed by atoms with van der Waals surface area (Å²) in [7, 11) is 2.55. The molecule has 1 heterocycles. The summed E-state index contributed by atoms with van der Waals surface area (Å²) < 4.78 is 14.9. The van der Waals surface area contributed by atoms with Crippen LogP contribution in [-0.2, 0) is 19.0 Å². The molecule has 1 aliphatic heterocycles. The first kappa shape index (κ1) is 11.4. The van der Waals surface area contributed by atoms with E-state index in [0.29, 0.717) is 12.8 Å². The molecule has 0 aromatic rings. The first-order valence-electron chi connectivity index (χ1n) is 4.56. The van der Waals surface area contributed by atoms with E-state index in [1.165, 1.54) is 14.2 Å². The van der Waals surface area contributed by atoms with E-state index in [9.17, 15) is 9.90 Å². The van der Waals surface area contributed by atoms with Crippen molar-refractivity contribution in [2.24, 2.45) is 0 Å². The van der Waals surface area contributed by atoms with Gasteiger partial charge in [-0.25, -0.2) is 4.79 Å². The van der Waals surface area contributed by atoms with E-state index in [4.69, 9.17) is 9.47 Å². The van der Waals surface area contributed by atoms with E-state index in [0.717, 1.165) is 0 Å². The third kappa shape index (κ3) is 1.75. The van der Waals surface area contributed by atoms with Crippen LogP contribution in [0.3, 0.4) is 0 Å². The maximum absolute atomic E-state index is 11.4. The van der Waals surface area contributed by atoms with Gasteiger partial charge >= 0.3 is 5.97 Å². The Kier molecular flexibility index (Phi) is 3.47. The fourth-order valence-corrected chi connectivity index (χ4v) is 1.61. The van der Waals surface area contributed by atoms with Crippen LogP contribution in [-0.4, -0.2) is 43.3 Å². The molecule has 14 heavy (non-hydrogen) atoms. The summed E-state index contributed by atoms with van der Waals surface area (Å²) in [5.41, 5.74) is 0. The number of carbonyl (C=O) groups is 1. The minimum absolute atomic E-state index is 0.127. The molecular formula is C9H16O5. The highest BCUT2D eigenvalue weighted by Crippen LogP contribution is 2.30. The van der Waals surface area contributed by atoms with Crippen molar-refractivity contribution in [1.29, 1.82) is 0 Å². The Hall–Kier alpha value is -0.650. The number of hydrogen-bond donors (Lipinski definition) is 1. The van der Waals surface area contributed by atoms with Gasteiger partial charge in [-0.3, -0.25) is 0 Å². The molecule has 1 aliphatic rings. The van der Waals surface area contributed by atoms with E-state index in [1.54, 1.807) is 0 Å². The van der Waals surface area contributed by atoms with Crippen LogP contribution in [0.5, 0.6) is 0 Å². The van der Waals surface area contributed by atoms with E-state index in [1.807, 2.05) is 6.92 Å². The number of aliphatic hydroxyl groups excluding tert-OH is 1. The molecule has 1 rings (SSSR count). The third-order valence-corrected chi connectivity index (χ3v) is 2.43. The average Bonchev–Trinajstić information content (AvgIpc) is 2.20. The number of esters is 1. The van der Waals surface area contributed by atoms with Crippen LogP contribution in [0, 0.1) is 0 Å². The van der Waals surface area contributed by atoms with Crippen LogP contribution in [0.1, 0.15) is 19.8 Å². The summed E-state index contributed by atoms with van der Waals surface area (Å²) in [6.45, 7) is 1.82. The van der Waals surface area contributed by atoms with E-state index in [2.05, 4.69) is 4.74 Å². The highest BCUT2D eigenvalue weighted by atomic mass is 16.7. The van der Waals surface area contributed by atoms with Crippen molar-refractivity contribution >= 4 is 5.97 Å². The predicted octanol–water partition coefficient (Wildman–Crippen LogP) is 0.0619. The topological polar surface area (TPSA) is 65.0 Å². The summed E-state index contributed by atoms with van der Waals surface area (Å²) in [4.78, 5) is 11.4. The van der Waals surface area contributed by atoms with Crippen molar-refractivity contribution in [3.8, 4) is 0 Å². The summed E-state index contributed by atoms with van der Waals surface area (Å²) in [6, 6.07) is 0. The van der Waals surface area contributed by atoms with E-state index in [-0.39, 0.29) is 6.10 Å². The molecule has 0 aromatic heterocycles. The van der Waals surface area contributed by atoms with Crippen LogP contribution in [0.15, 0.2) is 0 Å². The Labute approximate surface area is 82.9 Å². The van der Waals surface area contributed by atoms with Crippen LogP contribution < -0.4 is 0 Å². The zero-order valence-electron chi connectivity index (χ0n) is 8.65.